The Balaban J connectivity index is 2.01. The molecular formula is C28H37ClN2O5. The Morgan fingerprint density at radius 1 is 1.06 bits per heavy atom. The fraction of sp³-hybridized carbons (Fsp3) is 0.500. The molecule has 0 unspecified atom stereocenters. The predicted octanol–water partition coefficient (Wildman–Crippen LogP) is 5.25. The zero-order chi connectivity index (χ0) is 25.9. The van der Waals surface area contributed by atoms with Gasteiger partial charge in [0, 0.05) is 12.6 Å². The quantitative estimate of drug-likeness (QED) is 0.390. The van der Waals surface area contributed by atoms with E-state index in [9.17, 15) is 9.59 Å². The van der Waals surface area contributed by atoms with Gasteiger partial charge in [-0.3, -0.25) is 9.59 Å². The molecule has 196 valence electrons. The third-order valence-electron chi connectivity index (χ3n) is 6.40. The lowest BCUT2D eigenvalue weighted by atomic mass is 9.94. The van der Waals surface area contributed by atoms with E-state index < -0.39 is 6.04 Å². The van der Waals surface area contributed by atoms with E-state index in [4.69, 9.17) is 25.8 Å². The van der Waals surface area contributed by atoms with Gasteiger partial charge in [-0.05, 0) is 54.7 Å². The van der Waals surface area contributed by atoms with Gasteiger partial charge in [-0.25, -0.2) is 0 Å². The average Bonchev–Trinajstić information content (AvgIpc) is 2.92. The Kier molecular flexibility index (Phi) is 10.7. The van der Waals surface area contributed by atoms with Crippen LogP contribution in [-0.2, 0) is 16.1 Å². The van der Waals surface area contributed by atoms with E-state index in [0.717, 1.165) is 37.7 Å². The van der Waals surface area contributed by atoms with E-state index in [0.29, 0.717) is 29.4 Å². The van der Waals surface area contributed by atoms with E-state index in [1.54, 1.807) is 26.4 Å². The highest BCUT2D eigenvalue weighted by atomic mass is 35.5. The van der Waals surface area contributed by atoms with Gasteiger partial charge in [-0.15, -0.1) is 11.6 Å². The molecule has 1 atom stereocenters. The highest BCUT2D eigenvalue weighted by molar-refractivity contribution is 6.27. The van der Waals surface area contributed by atoms with Crippen molar-refractivity contribution in [3.63, 3.8) is 0 Å². The molecule has 0 bridgehead atoms. The number of nitrogens with zero attached hydrogens (tertiary/aromatic N) is 1. The number of rotatable bonds is 12. The zero-order valence-corrected chi connectivity index (χ0v) is 22.2. The molecular weight excluding hydrogens is 480 g/mol. The number of alkyl halides is 1. The van der Waals surface area contributed by atoms with E-state index in [-0.39, 0.29) is 30.3 Å². The smallest absolute Gasteiger partial charge is 0.247 e. The van der Waals surface area contributed by atoms with Crippen LogP contribution in [-0.4, -0.2) is 49.5 Å². The molecule has 1 aliphatic carbocycles. The van der Waals surface area contributed by atoms with Crippen LogP contribution < -0.4 is 19.5 Å². The van der Waals surface area contributed by atoms with E-state index in [1.807, 2.05) is 37.3 Å². The SMILES string of the molecule is CCCOc1ccc([C@@H](C(=O)NC2CCCCC2)N(Cc2cccc(OC)c2)C(=O)CCl)cc1OC. The van der Waals surface area contributed by atoms with Gasteiger partial charge in [0.1, 0.15) is 17.7 Å². The minimum atomic E-state index is -0.890. The van der Waals surface area contributed by atoms with Crippen LogP contribution in [0.2, 0.25) is 0 Å². The number of carbonyl (C=O) groups is 2. The van der Waals surface area contributed by atoms with Crippen LogP contribution in [0.3, 0.4) is 0 Å². The summed E-state index contributed by atoms with van der Waals surface area (Å²) in [6.45, 7) is 2.77. The number of amides is 2. The molecule has 1 aliphatic rings. The molecule has 7 nitrogen and oxygen atoms in total. The van der Waals surface area contributed by atoms with Gasteiger partial charge in [-0.2, -0.15) is 0 Å². The van der Waals surface area contributed by atoms with Crippen molar-refractivity contribution in [2.45, 2.75) is 64.1 Å². The summed E-state index contributed by atoms with van der Waals surface area (Å²) in [4.78, 5) is 28.5. The highest BCUT2D eigenvalue weighted by Crippen LogP contribution is 2.34. The summed E-state index contributed by atoms with van der Waals surface area (Å²) in [5.41, 5.74) is 1.46. The standard InChI is InChI=1S/C28H37ClN2O5/c1-4-15-36-24-14-13-21(17-25(24)35-3)27(28(33)30-22-10-6-5-7-11-22)31(26(32)18-29)19-20-9-8-12-23(16-20)34-2/h8-9,12-14,16-17,22,27H,4-7,10-11,15,18-19H2,1-3H3,(H,30,33)/t27-/m0/s1. The van der Waals surface area contributed by atoms with Crippen LogP contribution in [0.15, 0.2) is 42.5 Å². The zero-order valence-electron chi connectivity index (χ0n) is 21.4. The molecule has 8 heteroatoms. The summed E-state index contributed by atoms with van der Waals surface area (Å²) in [6, 6.07) is 12.0. The maximum Gasteiger partial charge on any atom is 0.247 e. The second-order valence-electron chi connectivity index (χ2n) is 9.01. The van der Waals surface area contributed by atoms with Gasteiger partial charge >= 0.3 is 0 Å². The molecule has 0 radical (unpaired) electrons. The van der Waals surface area contributed by atoms with Crippen LogP contribution in [0.1, 0.15) is 62.6 Å². The Labute approximate surface area is 219 Å². The first-order valence-electron chi connectivity index (χ1n) is 12.6. The lowest BCUT2D eigenvalue weighted by molar-refractivity contribution is -0.140. The van der Waals surface area contributed by atoms with E-state index in [2.05, 4.69) is 5.32 Å². The van der Waals surface area contributed by atoms with Gasteiger partial charge in [0.15, 0.2) is 11.5 Å². The van der Waals surface area contributed by atoms with Gasteiger partial charge < -0.3 is 24.4 Å². The molecule has 0 saturated heterocycles. The minimum absolute atomic E-state index is 0.0904. The molecule has 36 heavy (non-hydrogen) atoms. The summed E-state index contributed by atoms with van der Waals surface area (Å²) in [7, 11) is 3.16. The van der Waals surface area contributed by atoms with Crippen molar-refractivity contribution in [2.75, 3.05) is 26.7 Å². The molecule has 0 spiro atoms. The van der Waals surface area contributed by atoms with Crippen molar-refractivity contribution in [1.29, 1.82) is 0 Å². The minimum Gasteiger partial charge on any atom is -0.497 e. The molecule has 2 amide bonds. The Bertz CT molecular complexity index is 1010. The summed E-state index contributed by atoms with van der Waals surface area (Å²) in [5, 5.41) is 3.20. The van der Waals surface area contributed by atoms with Crippen LogP contribution >= 0.6 is 11.6 Å². The average molecular weight is 517 g/mol. The summed E-state index contributed by atoms with van der Waals surface area (Å²) in [6.07, 6.45) is 6.08. The molecule has 2 aromatic rings. The number of carbonyl (C=O) groups excluding carboxylic acids is 2. The Morgan fingerprint density at radius 2 is 1.83 bits per heavy atom. The van der Waals surface area contributed by atoms with Crippen molar-refractivity contribution in [1.82, 2.24) is 10.2 Å². The van der Waals surface area contributed by atoms with Crippen molar-refractivity contribution in [3.05, 3.63) is 53.6 Å². The predicted molar refractivity (Wildman–Crippen MR) is 141 cm³/mol. The second-order valence-corrected chi connectivity index (χ2v) is 9.28. The van der Waals surface area contributed by atoms with E-state index >= 15 is 0 Å². The topological polar surface area (TPSA) is 77.1 Å². The van der Waals surface area contributed by atoms with Crippen LogP contribution in [0.5, 0.6) is 17.2 Å². The van der Waals surface area contributed by atoms with Gasteiger partial charge in [0.05, 0.1) is 20.8 Å². The van der Waals surface area contributed by atoms with Crippen molar-refractivity contribution < 1.29 is 23.8 Å². The maximum atomic E-state index is 13.8. The molecule has 1 N–H and O–H groups in total. The second kappa shape index (κ2) is 14.0. The first-order chi connectivity index (χ1) is 17.5. The van der Waals surface area contributed by atoms with Crippen LogP contribution in [0.25, 0.3) is 0 Å². The number of hydrogen-bond acceptors (Lipinski definition) is 5. The third kappa shape index (κ3) is 7.29. The number of nitrogens with one attached hydrogen (secondary N) is 1. The summed E-state index contributed by atoms with van der Waals surface area (Å²) in [5.74, 6) is 0.967. The number of ether oxygens (including phenoxy) is 3. The largest absolute Gasteiger partial charge is 0.497 e. The van der Waals surface area contributed by atoms with Crippen LogP contribution in [0, 0.1) is 0 Å². The third-order valence-corrected chi connectivity index (χ3v) is 6.63. The molecule has 3 rings (SSSR count). The molecule has 0 aromatic heterocycles. The molecule has 0 heterocycles. The monoisotopic (exact) mass is 516 g/mol. The van der Waals surface area contributed by atoms with Crippen LogP contribution in [0.4, 0.5) is 0 Å². The molecule has 1 saturated carbocycles. The number of methoxy groups -OCH3 is 2. The lowest BCUT2D eigenvalue weighted by Crippen LogP contribution is -2.47. The lowest BCUT2D eigenvalue weighted by Gasteiger charge is -2.33. The summed E-state index contributed by atoms with van der Waals surface area (Å²) >= 11 is 6.05. The van der Waals surface area contributed by atoms with Crippen molar-refractivity contribution in [3.8, 4) is 17.2 Å². The molecule has 1 fully saturated rings. The highest BCUT2D eigenvalue weighted by Gasteiger charge is 2.33. The first-order valence-corrected chi connectivity index (χ1v) is 13.1. The fourth-order valence-corrected chi connectivity index (χ4v) is 4.71. The number of hydrogen-bond donors (Lipinski definition) is 1. The number of halogens is 1. The Morgan fingerprint density at radius 3 is 2.50 bits per heavy atom. The normalized spacial score (nSPS) is 14.6. The van der Waals surface area contributed by atoms with Gasteiger partial charge in [0.2, 0.25) is 11.8 Å². The van der Waals surface area contributed by atoms with E-state index in [1.165, 1.54) is 11.3 Å². The first kappa shape index (κ1) is 27.7. The van der Waals surface area contributed by atoms with Crippen molar-refractivity contribution >= 4 is 23.4 Å². The number of benzene rings is 2. The van der Waals surface area contributed by atoms with Crippen molar-refractivity contribution in [2.24, 2.45) is 0 Å². The maximum absolute atomic E-state index is 13.8. The van der Waals surface area contributed by atoms with Gasteiger partial charge in [0.25, 0.3) is 0 Å². The Hall–Kier alpha value is -2.93. The molecule has 2 aromatic carbocycles. The fourth-order valence-electron chi connectivity index (χ4n) is 4.55. The molecule has 0 aliphatic heterocycles. The summed E-state index contributed by atoms with van der Waals surface area (Å²) < 4.78 is 16.7. The van der Waals surface area contributed by atoms with Gasteiger partial charge in [-0.1, -0.05) is 44.4 Å².